The summed E-state index contributed by atoms with van der Waals surface area (Å²) >= 11 is 0. The molecule has 5 heteroatoms. The standard InChI is InChI=1S/C11H16N2O2S/c1-2-5-13-16(14,15)11-4-3-9-7-12-8-10(9)6-11/h3-4,6,12-13H,2,5,7-8H2,1H3. The molecule has 0 saturated carbocycles. The Kier molecular flexibility index (Phi) is 3.28. The Morgan fingerprint density at radius 1 is 1.31 bits per heavy atom. The van der Waals surface area contributed by atoms with Gasteiger partial charge in [0.05, 0.1) is 4.90 Å². The Morgan fingerprint density at radius 3 is 2.81 bits per heavy atom. The fourth-order valence-electron chi connectivity index (χ4n) is 1.76. The first-order valence-electron chi connectivity index (χ1n) is 5.45. The first-order valence-corrected chi connectivity index (χ1v) is 6.94. The van der Waals surface area contributed by atoms with Gasteiger partial charge in [0.25, 0.3) is 0 Å². The van der Waals surface area contributed by atoms with Gasteiger partial charge < -0.3 is 5.32 Å². The highest BCUT2D eigenvalue weighted by Crippen LogP contribution is 2.19. The van der Waals surface area contributed by atoms with Crippen LogP contribution in [0, 0.1) is 0 Å². The molecule has 0 radical (unpaired) electrons. The summed E-state index contributed by atoms with van der Waals surface area (Å²) in [6.07, 6.45) is 0.797. The van der Waals surface area contributed by atoms with Crippen LogP contribution in [0.3, 0.4) is 0 Å². The molecule has 0 amide bonds. The summed E-state index contributed by atoms with van der Waals surface area (Å²) in [5.74, 6) is 0. The molecule has 1 heterocycles. The molecule has 2 N–H and O–H groups in total. The minimum atomic E-state index is -3.32. The monoisotopic (exact) mass is 240 g/mol. The minimum Gasteiger partial charge on any atom is -0.309 e. The molecule has 0 saturated heterocycles. The van der Waals surface area contributed by atoms with E-state index in [-0.39, 0.29) is 0 Å². The molecule has 0 fully saturated rings. The molecular formula is C11H16N2O2S. The highest BCUT2D eigenvalue weighted by atomic mass is 32.2. The Morgan fingerprint density at radius 2 is 2.06 bits per heavy atom. The van der Waals surface area contributed by atoms with Crippen LogP contribution in [-0.2, 0) is 23.1 Å². The van der Waals surface area contributed by atoms with Crippen LogP contribution < -0.4 is 10.0 Å². The van der Waals surface area contributed by atoms with E-state index in [9.17, 15) is 8.42 Å². The zero-order valence-corrected chi connectivity index (χ0v) is 10.1. The van der Waals surface area contributed by atoms with Crippen LogP contribution in [0.25, 0.3) is 0 Å². The van der Waals surface area contributed by atoms with Crippen molar-refractivity contribution in [1.29, 1.82) is 0 Å². The van der Waals surface area contributed by atoms with Crippen LogP contribution in [0.15, 0.2) is 23.1 Å². The van der Waals surface area contributed by atoms with Crippen molar-refractivity contribution in [2.75, 3.05) is 6.54 Å². The van der Waals surface area contributed by atoms with Gasteiger partial charge >= 0.3 is 0 Å². The number of hydrogen-bond acceptors (Lipinski definition) is 3. The average molecular weight is 240 g/mol. The van der Waals surface area contributed by atoms with Gasteiger partial charge in [0.15, 0.2) is 0 Å². The Bertz CT molecular complexity index is 483. The second kappa shape index (κ2) is 4.53. The van der Waals surface area contributed by atoms with Crippen molar-refractivity contribution in [2.24, 2.45) is 0 Å². The van der Waals surface area contributed by atoms with E-state index in [1.54, 1.807) is 12.1 Å². The molecule has 0 aliphatic carbocycles. The van der Waals surface area contributed by atoms with Crippen LogP contribution in [-0.4, -0.2) is 15.0 Å². The lowest BCUT2D eigenvalue weighted by atomic mass is 10.1. The highest BCUT2D eigenvalue weighted by molar-refractivity contribution is 7.89. The van der Waals surface area contributed by atoms with Crippen molar-refractivity contribution in [1.82, 2.24) is 10.0 Å². The quantitative estimate of drug-likeness (QED) is 0.824. The summed E-state index contributed by atoms with van der Waals surface area (Å²) in [7, 11) is -3.32. The fraction of sp³-hybridized carbons (Fsp3) is 0.455. The number of benzene rings is 1. The summed E-state index contributed by atoms with van der Waals surface area (Å²) in [5, 5.41) is 3.19. The Hall–Kier alpha value is -0.910. The Balaban J connectivity index is 2.27. The van der Waals surface area contributed by atoms with E-state index in [2.05, 4.69) is 10.0 Å². The average Bonchev–Trinajstić information content (AvgIpc) is 2.73. The maximum absolute atomic E-state index is 11.9. The predicted molar refractivity (Wildman–Crippen MR) is 62.5 cm³/mol. The van der Waals surface area contributed by atoms with Gasteiger partial charge in [-0.15, -0.1) is 0 Å². The van der Waals surface area contributed by atoms with Crippen molar-refractivity contribution in [2.45, 2.75) is 31.3 Å². The van der Waals surface area contributed by atoms with Crippen LogP contribution >= 0.6 is 0 Å². The van der Waals surface area contributed by atoms with E-state index in [1.807, 2.05) is 13.0 Å². The largest absolute Gasteiger partial charge is 0.309 e. The number of hydrogen-bond donors (Lipinski definition) is 2. The lowest BCUT2D eigenvalue weighted by Crippen LogP contribution is -2.24. The Labute approximate surface area is 96.1 Å². The van der Waals surface area contributed by atoms with Crippen molar-refractivity contribution in [3.05, 3.63) is 29.3 Å². The second-order valence-electron chi connectivity index (χ2n) is 3.93. The smallest absolute Gasteiger partial charge is 0.240 e. The zero-order chi connectivity index (χ0) is 11.6. The molecule has 0 spiro atoms. The van der Waals surface area contributed by atoms with Crippen molar-refractivity contribution in [3.8, 4) is 0 Å². The molecule has 0 atom stereocenters. The van der Waals surface area contributed by atoms with E-state index in [1.165, 1.54) is 5.56 Å². The molecule has 4 nitrogen and oxygen atoms in total. The third kappa shape index (κ3) is 2.26. The van der Waals surface area contributed by atoms with E-state index >= 15 is 0 Å². The summed E-state index contributed by atoms with van der Waals surface area (Å²) in [6, 6.07) is 5.31. The third-order valence-corrected chi connectivity index (χ3v) is 4.12. The molecule has 1 aliphatic heterocycles. The molecule has 1 aliphatic rings. The lowest BCUT2D eigenvalue weighted by molar-refractivity contribution is 0.580. The van der Waals surface area contributed by atoms with Gasteiger partial charge in [-0.1, -0.05) is 13.0 Å². The van der Waals surface area contributed by atoms with E-state index < -0.39 is 10.0 Å². The van der Waals surface area contributed by atoms with Gasteiger partial charge in [0.1, 0.15) is 0 Å². The van der Waals surface area contributed by atoms with E-state index in [0.717, 1.165) is 25.1 Å². The first kappa shape index (κ1) is 11.6. The normalized spacial score (nSPS) is 15.1. The lowest BCUT2D eigenvalue weighted by Gasteiger charge is -2.07. The molecule has 1 aromatic carbocycles. The topological polar surface area (TPSA) is 58.2 Å². The van der Waals surface area contributed by atoms with Crippen molar-refractivity contribution < 1.29 is 8.42 Å². The zero-order valence-electron chi connectivity index (χ0n) is 9.29. The van der Waals surface area contributed by atoms with Crippen LogP contribution in [0.1, 0.15) is 24.5 Å². The number of nitrogens with one attached hydrogen (secondary N) is 2. The molecule has 2 rings (SSSR count). The highest BCUT2D eigenvalue weighted by Gasteiger charge is 2.17. The van der Waals surface area contributed by atoms with E-state index in [0.29, 0.717) is 11.4 Å². The maximum Gasteiger partial charge on any atom is 0.240 e. The predicted octanol–water partition coefficient (Wildman–Crippen LogP) is 0.978. The van der Waals surface area contributed by atoms with Gasteiger partial charge in [-0.2, -0.15) is 0 Å². The number of fused-ring (bicyclic) bond motifs is 1. The fourth-order valence-corrected chi connectivity index (χ4v) is 2.94. The molecule has 0 aromatic heterocycles. The molecule has 0 unspecified atom stereocenters. The molecule has 16 heavy (non-hydrogen) atoms. The first-order chi connectivity index (χ1) is 7.63. The molecular weight excluding hydrogens is 224 g/mol. The SMILES string of the molecule is CCCNS(=O)(=O)c1ccc2c(c1)CNC2. The van der Waals surface area contributed by atoms with E-state index in [4.69, 9.17) is 0 Å². The van der Waals surface area contributed by atoms with Crippen LogP contribution in [0.5, 0.6) is 0 Å². The second-order valence-corrected chi connectivity index (χ2v) is 5.70. The van der Waals surface area contributed by atoms with Gasteiger partial charge in [0.2, 0.25) is 10.0 Å². The van der Waals surface area contributed by atoms with Crippen LogP contribution in [0.2, 0.25) is 0 Å². The minimum absolute atomic E-state index is 0.364. The molecule has 88 valence electrons. The molecule has 1 aromatic rings. The van der Waals surface area contributed by atoms with Gasteiger partial charge in [-0.3, -0.25) is 0 Å². The van der Waals surface area contributed by atoms with Gasteiger partial charge in [-0.25, -0.2) is 13.1 Å². The summed E-state index contributed by atoms with van der Waals surface area (Å²) in [6.45, 7) is 4.01. The van der Waals surface area contributed by atoms with Crippen molar-refractivity contribution in [3.63, 3.8) is 0 Å². The number of rotatable bonds is 4. The van der Waals surface area contributed by atoms with Gasteiger partial charge in [0, 0.05) is 19.6 Å². The van der Waals surface area contributed by atoms with Crippen molar-refractivity contribution >= 4 is 10.0 Å². The summed E-state index contributed by atoms with van der Waals surface area (Å²) in [4.78, 5) is 0.364. The van der Waals surface area contributed by atoms with Crippen LogP contribution in [0.4, 0.5) is 0 Å². The molecule has 0 bridgehead atoms. The number of sulfonamides is 1. The summed E-state index contributed by atoms with van der Waals surface area (Å²) in [5.41, 5.74) is 2.27. The van der Waals surface area contributed by atoms with Gasteiger partial charge in [-0.05, 0) is 29.7 Å². The third-order valence-electron chi connectivity index (χ3n) is 2.66. The maximum atomic E-state index is 11.9. The summed E-state index contributed by atoms with van der Waals surface area (Å²) < 4.78 is 26.3.